The Labute approximate surface area is 116 Å². The molecule has 1 rings (SSSR count). The molecule has 0 fully saturated rings. The standard InChI is InChI=1S/C16H26FNO/c1-6-9-18-14(11-16(2,3)4)13-10-12(17)7-8-15(13)19-5/h7-8,10,14,18H,6,9,11H2,1-5H3. The van der Waals surface area contributed by atoms with Crippen LogP contribution in [0, 0.1) is 11.2 Å². The molecular formula is C16H26FNO. The van der Waals surface area contributed by atoms with Gasteiger partial charge in [-0.25, -0.2) is 4.39 Å². The van der Waals surface area contributed by atoms with E-state index in [2.05, 4.69) is 33.0 Å². The summed E-state index contributed by atoms with van der Waals surface area (Å²) in [7, 11) is 1.63. The molecule has 0 bridgehead atoms. The third-order valence-electron chi connectivity index (χ3n) is 3.02. The molecule has 0 radical (unpaired) electrons. The molecule has 19 heavy (non-hydrogen) atoms. The van der Waals surface area contributed by atoms with Gasteiger partial charge in [0.25, 0.3) is 0 Å². The molecular weight excluding hydrogens is 241 g/mol. The van der Waals surface area contributed by atoms with Gasteiger partial charge in [-0.2, -0.15) is 0 Å². The quantitative estimate of drug-likeness (QED) is 0.829. The van der Waals surface area contributed by atoms with Crippen molar-refractivity contribution in [1.29, 1.82) is 0 Å². The zero-order valence-corrected chi connectivity index (χ0v) is 12.7. The van der Waals surface area contributed by atoms with E-state index in [4.69, 9.17) is 4.74 Å². The van der Waals surface area contributed by atoms with E-state index in [0.717, 1.165) is 30.7 Å². The smallest absolute Gasteiger partial charge is 0.123 e. The largest absolute Gasteiger partial charge is 0.496 e. The number of rotatable bonds is 6. The van der Waals surface area contributed by atoms with Crippen LogP contribution in [0.5, 0.6) is 5.75 Å². The fourth-order valence-corrected chi connectivity index (χ4v) is 2.20. The molecule has 1 unspecified atom stereocenters. The maximum Gasteiger partial charge on any atom is 0.123 e. The average Bonchev–Trinajstić information content (AvgIpc) is 2.33. The van der Waals surface area contributed by atoms with E-state index in [0.29, 0.717) is 0 Å². The van der Waals surface area contributed by atoms with E-state index >= 15 is 0 Å². The SMILES string of the molecule is CCCNC(CC(C)(C)C)c1cc(F)ccc1OC. The van der Waals surface area contributed by atoms with Gasteiger partial charge in [0, 0.05) is 11.6 Å². The van der Waals surface area contributed by atoms with Crippen LogP contribution in [-0.2, 0) is 0 Å². The number of halogens is 1. The summed E-state index contributed by atoms with van der Waals surface area (Å²) in [6, 6.07) is 4.84. The molecule has 2 nitrogen and oxygen atoms in total. The zero-order valence-electron chi connectivity index (χ0n) is 12.7. The molecule has 1 atom stereocenters. The summed E-state index contributed by atoms with van der Waals surface area (Å²) >= 11 is 0. The van der Waals surface area contributed by atoms with Crippen LogP contribution >= 0.6 is 0 Å². The predicted octanol–water partition coefficient (Wildman–Crippen LogP) is 4.31. The van der Waals surface area contributed by atoms with E-state index in [9.17, 15) is 4.39 Å². The third-order valence-corrected chi connectivity index (χ3v) is 3.02. The first-order valence-electron chi connectivity index (χ1n) is 6.94. The number of nitrogens with one attached hydrogen (secondary N) is 1. The molecule has 3 heteroatoms. The molecule has 0 amide bonds. The average molecular weight is 267 g/mol. The highest BCUT2D eigenvalue weighted by molar-refractivity contribution is 5.36. The van der Waals surface area contributed by atoms with Crippen molar-refractivity contribution in [3.05, 3.63) is 29.6 Å². The fourth-order valence-electron chi connectivity index (χ4n) is 2.20. The van der Waals surface area contributed by atoms with Crippen molar-refractivity contribution in [1.82, 2.24) is 5.32 Å². The maximum absolute atomic E-state index is 13.5. The molecule has 0 spiro atoms. The van der Waals surface area contributed by atoms with Crippen molar-refractivity contribution in [3.63, 3.8) is 0 Å². The Morgan fingerprint density at radius 2 is 2.00 bits per heavy atom. The molecule has 0 saturated carbocycles. The summed E-state index contributed by atoms with van der Waals surface area (Å²) in [5.74, 6) is 0.535. The minimum Gasteiger partial charge on any atom is -0.496 e. The van der Waals surface area contributed by atoms with Gasteiger partial charge in [-0.15, -0.1) is 0 Å². The molecule has 0 heterocycles. The van der Waals surface area contributed by atoms with Crippen molar-refractivity contribution >= 4 is 0 Å². The van der Waals surface area contributed by atoms with Gasteiger partial charge in [0.15, 0.2) is 0 Å². The number of methoxy groups -OCH3 is 1. The fraction of sp³-hybridized carbons (Fsp3) is 0.625. The normalized spacial score (nSPS) is 13.4. The van der Waals surface area contributed by atoms with Gasteiger partial charge < -0.3 is 10.1 Å². The maximum atomic E-state index is 13.5. The lowest BCUT2D eigenvalue weighted by atomic mass is 9.85. The zero-order chi connectivity index (χ0) is 14.5. The predicted molar refractivity (Wildman–Crippen MR) is 78.1 cm³/mol. The Morgan fingerprint density at radius 3 is 2.53 bits per heavy atom. The van der Waals surface area contributed by atoms with Crippen LogP contribution in [0.2, 0.25) is 0 Å². The second kappa shape index (κ2) is 6.90. The molecule has 108 valence electrons. The van der Waals surface area contributed by atoms with Crippen molar-refractivity contribution < 1.29 is 9.13 Å². The van der Waals surface area contributed by atoms with E-state index in [1.54, 1.807) is 19.2 Å². The van der Waals surface area contributed by atoms with Crippen LogP contribution in [0.1, 0.15) is 52.1 Å². The van der Waals surface area contributed by atoms with E-state index in [1.165, 1.54) is 6.07 Å². The Balaban J connectivity index is 3.04. The van der Waals surface area contributed by atoms with Gasteiger partial charge in [0.05, 0.1) is 7.11 Å². The van der Waals surface area contributed by atoms with Crippen LogP contribution in [-0.4, -0.2) is 13.7 Å². The number of hydrogen-bond acceptors (Lipinski definition) is 2. The lowest BCUT2D eigenvalue weighted by Crippen LogP contribution is -2.27. The lowest BCUT2D eigenvalue weighted by molar-refractivity contribution is 0.303. The second-order valence-electron chi connectivity index (χ2n) is 6.16. The molecule has 0 saturated heterocycles. The lowest BCUT2D eigenvalue weighted by Gasteiger charge is -2.28. The van der Waals surface area contributed by atoms with E-state index in [1.807, 2.05) is 0 Å². The molecule has 1 aromatic rings. The second-order valence-corrected chi connectivity index (χ2v) is 6.16. The topological polar surface area (TPSA) is 21.3 Å². The van der Waals surface area contributed by atoms with Gasteiger partial charge in [-0.1, -0.05) is 27.7 Å². The summed E-state index contributed by atoms with van der Waals surface area (Å²) < 4.78 is 18.9. The minimum atomic E-state index is -0.215. The highest BCUT2D eigenvalue weighted by Crippen LogP contribution is 2.34. The number of hydrogen-bond donors (Lipinski definition) is 1. The van der Waals surface area contributed by atoms with Crippen LogP contribution in [0.25, 0.3) is 0 Å². The van der Waals surface area contributed by atoms with Gasteiger partial charge >= 0.3 is 0 Å². The summed E-state index contributed by atoms with van der Waals surface area (Å²) in [6.45, 7) is 9.63. The summed E-state index contributed by atoms with van der Waals surface area (Å²) in [4.78, 5) is 0. The molecule has 0 aliphatic carbocycles. The van der Waals surface area contributed by atoms with Crippen molar-refractivity contribution in [2.24, 2.45) is 5.41 Å². The van der Waals surface area contributed by atoms with Gasteiger partial charge in [-0.05, 0) is 43.0 Å². The first-order valence-corrected chi connectivity index (χ1v) is 6.94. The van der Waals surface area contributed by atoms with Gasteiger partial charge in [-0.3, -0.25) is 0 Å². The minimum absolute atomic E-state index is 0.116. The Hall–Kier alpha value is -1.09. The van der Waals surface area contributed by atoms with E-state index < -0.39 is 0 Å². The monoisotopic (exact) mass is 267 g/mol. The molecule has 0 aliphatic rings. The van der Waals surface area contributed by atoms with Crippen LogP contribution in [0.4, 0.5) is 4.39 Å². The summed E-state index contributed by atoms with van der Waals surface area (Å²) in [5, 5.41) is 3.50. The molecule has 1 N–H and O–H groups in total. The van der Waals surface area contributed by atoms with Crippen molar-refractivity contribution in [2.45, 2.75) is 46.6 Å². The number of ether oxygens (including phenoxy) is 1. The third kappa shape index (κ3) is 5.19. The van der Waals surface area contributed by atoms with Crippen LogP contribution in [0.3, 0.4) is 0 Å². The molecule has 1 aromatic carbocycles. The van der Waals surface area contributed by atoms with E-state index in [-0.39, 0.29) is 17.3 Å². The highest BCUT2D eigenvalue weighted by Gasteiger charge is 2.22. The Bertz CT molecular complexity index is 398. The van der Waals surface area contributed by atoms with Crippen LogP contribution in [0.15, 0.2) is 18.2 Å². The Kier molecular flexibility index (Phi) is 5.80. The van der Waals surface area contributed by atoms with Crippen molar-refractivity contribution in [2.75, 3.05) is 13.7 Å². The van der Waals surface area contributed by atoms with Crippen LogP contribution < -0.4 is 10.1 Å². The van der Waals surface area contributed by atoms with Gasteiger partial charge in [0.1, 0.15) is 11.6 Å². The van der Waals surface area contributed by atoms with Crippen molar-refractivity contribution in [3.8, 4) is 5.75 Å². The highest BCUT2D eigenvalue weighted by atomic mass is 19.1. The first kappa shape index (κ1) is 16.0. The molecule has 0 aromatic heterocycles. The Morgan fingerprint density at radius 1 is 1.32 bits per heavy atom. The first-order chi connectivity index (χ1) is 8.87. The molecule has 0 aliphatic heterocycles. The van der Waals surface area contributed by atoms with Gasteiger partial charge in [0.2, 0.25) is 0 Å². The number of benzene rings is 1. The summed E-state index contributed by atoms with van der Waals surface area (Å²) in [6.07, 6.45) is 1.99. The summed E-state index contributed by atoms with van der Waals surface area (Å²) in [5.41, 5.74) is 1.08.